The predicted octanol–water partition coefficient (Wildman–Crippen LogP) is 4.37. The van der Waals surface area contributed by atoms with Crippen molar-refractivity contribution in [3.63, 3.8) is 0 Å². The maximum atomic E-state index is 13.4. The van der Waals surface area contributed by atoms with Crippen molar-refractivity contribution in [3.8, 4) is 0 Å². The lowest BCUT2D eigenvalue weighted by Crippen LogP contribution is -2.40. The number of nitrogens with zero attached hydrogens (tertiary/aromatic N) is 2. The van der Waals surface area contributed by atoms with Crippen LogP contribution in [0.5, 0.6) is 0 Å². The summed E-state index contributed by atoms with van der Waals surface area (Å²) in [5, 5.41) is 3.98. The standard InChI is InChI=1S/C22H29N3OS/c1-17(2)27-21-10-8-18(9-11-21)22(26)25(16-19-6-3-4-14-24-19)20-7-5-13-23-15-12-20/h3-4,6,8-11,14,17,20,23H,5,7,12-13,15-16H2,1-2H3. The van der Waals surface area contributed by atoms with E-state index < -0.39 is 0 Å². The Morgan fingerprint density at radius 3 is 2.70 bits per heavy atom. The summed E-state index contributed by atoms with van der Waals surface area (Å²) in [4.78, 5) is 21.0. The summed E-state index contributed by atoms with van der Waals surface area (Å²) in [5.41, 5.74) is 1.70. The molecule has 1 unspecified atom stereocenters. The number of hydrogen-bond acceptors (Lipinski definition) is 4. The molecule has 0 saturated carbocycles. The van der Waals surface area contributed by atoms with E-state index in [-0.39, 0.29) is 11.9 Å². The highest BCUT2D eigenvalue weighted by Gasteiger charge is 2.26. The number of hydrogen-bond donors (Lipinski definition) is 1. The van der Waals surface area contributed by atoms with Crippen LogP contribution in [0.1, 0.15) is 49.2 Å². The Labute approximate surface area is 166 Å². The van der Waals surface area contributed by atoms with Crippen molar-refractivity contribution in [2.75, 3.05) is 13.1 Å². The molecule has 0 spiro atoms. The summed E-state index contributed by atoms with van der Waals surface area (Å²) in [5.74, 6) is 0.105. The lowest BCUT2D eigenvalue weighted by molar-refractivity contribution is 0.0642. The first-order valence-electron chi connectivity index (χ1n) is 9.82. The first-order valence-corrected chi connectivity index (χ1v) is 10.7. The zero-order chi connectivity index (χ0) is 19.1. The van der Waals surface area contributed by atoms with Gasteiger partial charge in [0, 0.05) is 27.9 Å². The van der Waals surface area contributed by atoms with E-state index in [4.69, 9.17) is 0 Å². The van der Waals surface area contributed by atoms with Gasteiger partial charge < -0.3 is 10.2 Å². The van der Waals surface area contributed by atoms with Crippen LogP contribution in [-0.2, 0) is 6.54 Å². The Hall–Kier alpha value is -1.85. The summed E-state index contributed by atoms with van der Waals surface area (Å²) in [6.07, 6.45) is 4.91. The van der Waals surface area contributed by atoms with E-state index in [0.717, 1.165) is 43.6 Å². The molecule has 0 bridgehead atoms. The third kappa shape index (κ3) is 5.81. The van der Waals surface area contributed by atoms with Crippen molar-refractivity contribution < 1.29 is 4.79 Å². The predicted molar refractivity (Wildman–Crippen MR) is 112 cm³/mol. The Balaban J connectivity index is 1.80. The Bertz CT molecular complexity index is 710. The van der Waals surface area contributed by atoms with Crippen molar-refractivity contribution in [3.05, 3.63) is 59.9 Å². The molecule has 0 aliphatic carbocycles. The van der Waals surface area contributed by atoms with Crippen molar-refractivity contribution in [1.82, 2.24) is 15.2 Å². The molecular formula is C22H29N3OS. The minimum atomic E-state index is 0.105. The highest BCUT2D eigenvalue weighted by molar-refractivity contribution is 7.99. The van der Waals surface area contributed by atoms with Crippen LogP contribution >= 0.6 is 11.8 Å². The highest BCUT2D eigenvalue weighted by atomic mass is 32.2. The van der Waals surface area contributed by atoms with Gasteiger partial charge in [0.15, 0.2) is 0 Å². The van der Waals surface area contributed by atoms with Gasteiger partial charge in [-0.1, -0.05) is 19.9 Å². The van der Waals surface area contributed by atoms with E-state index in [1.165, 1.54) is 4.90 Å². The Morgan fingerprint density at radius 1 is 1.19 bits per heavy atom. The first-order chi connectivity index (χ1) is 13.1. The molecule has 27 heavy (non-hydrogen) atoms. The van der Waals surface area contributed by atoms with Gasteiger partial charge in [-0.05, 0) is 68.8 Å². The number of benzene rings is 1. The van der Waals surface area contributed by atoms with Gasteiger partial charge in [-0.15, -0.1) is 11.8 Å². The third-order valence-corrected chi connectivity index (χ3v) is 5.79. The molecular weight excluding hydrogens is 354 g/mol. The van der Waals surface area contributed by atoms with Crippen LogP contribution in [0.4, 0.5) is 0 Å². The van der Waals surface area contributed by atoms with Crippen molar-refractivity contribution in [1.29, 1.82) is 0 Å². The molecule has 1 atom stereocenters. The van der Waals surface area contributed by atoms with Crippen molar-refractivity contribution in [2.24, 2.45) is 0 Å². The van der Waals surface area contributed by atoms with Gasteiger partial charge in [0.1, 0.15) is 0 Å². The molecule has 1 amide bonds. The average molecular weight is 384 g/mol. The molecule has 1 N–H and O–H groups in total. The van der Waals surface area contributed by atoms with Gasteiger partial charge in [0.05, 0.1) is 12.2 Å². The quantitative estimate of drug-likeness (QED) is 0.753. The van der Waals surface area contributed by atoms with E-state index in [1.54, 1.807) is 6.20 Å². The van der Waals surface area contributed by atoms with Crippen LogP contribution in [0.15, 0.2) is 53.6 Å². The average Bonchev–Trinajstić information content (AvgIpc) is 2.96. The van der Waals surface area contributed by atoms with E-state index in [0.29, 0.717) is 11.8 Å². The van der Waals surface area contributed by atoms with Gasteiger partial charge in [0.2, 0.25) is 0 Å². The monoisotopic (exact) mass is 383 g/mol. The van der Waals surface area contributed by atoms with Gasteiger partial charge in [0.25, 0.3) is 5.91 Å². The lowest BCUT2D eigenvalue weighted by atomic mass is 10.0. The van der Waals surface area contributed by atoms with Crippen LogP contribution in [0.3, 0.4) is 0 Å². The molecule has 0 radical (unpaired) electrons. The normalized spacial score (nSPS) is 17.5. The molecule has 2 heterocycles. The second-order valence-corrected chi connectivity index (χ2v) is 8.93. The molecule has 1 aromatic heterocycles. The number of thioether (sulfide) groups is 1. The summed E-state index contributed by atoms with van der Waals surface area (Å²) in [6, 6.07) is 14.2. The fraction of sp³-hybridized carbons (Fsp3) is 0.455. The molecule has 5 heteroatoms. The van der Waals surface area contributed by atoms with Gasteiger partial charge in [-0.2, -0.15) is 0 Å². The molecule has 1 aromatic carbocycles. The van der Waals surface area contributed by atoms with E-state index in [1.807, 2.05) is 47.0 Å². The lowest BCUT2D eigenvalue weighted by Gasteiger charge is -2.31. The molecule has 3 rings (SSSR count). The number of amides is 1. The zero-order valence-electron chi connectivity index (χ0n) is 16.2. The fourth-order valence-electron chi connectivity index (χ4n) is 3.46. The van der Waals surface area contributed by atoms with Crippen LogP contribution in [0.25, 0.3) is 0 Å². The van der Waals surface area contributed by atoms with Crippen LogP contribution in [-0.4, -0.2) is 40.2 Å². The molecule has 4 nitrogen and oxygen atoms in total. The molecule has 1 aliphatic heterocycles. The van der Waals surface area contributed by atoms with Crippen LogP contribution in [0.2, 0.25) is 0 Å². The zero-order valence-corrected chi connectivity index (χ0v) is 17.0. The minimum Gasteiger partial charge on any atom is -0.330 e. The molecule has 1 saturated heterocycles. The summed E-state index contributed by atoms with van der Waals surface area (Å²) < 4.78 is 0. The number of carbonyl (C=O) groups excluding carboxylic acids is 1. The smallest absolute Gasteiger partial charge is 0.254 e. The highest BCUT2D eigenvalue weighted by Crippen LogP contribution is 2.24. The van der Waals surface area contributed by atoms with Gasteiger partial charge in [-0.3, -0.25) is 9.78 Å². The second kappa shape index (κ2) is 9.90. The number of pyridine rings is 1. The number of nitrogens with one attached hydrogen (secondary N) is 1. The van der Waals surface area contributed by atoms with Crippen LogP contribution < -0.4 is 5.32 Å². The van der Waals surface area contributed by atoms with E-state index in [2.05, 4.69) is 36.3 Å². The summed E-state index contributed by atoms with van der Waals surface area (Å²) in [6.45, 7) is 6.91. The number of carbonyl (C=O) groups is 1. The van der Waals surface area contributed by atoms with Crippen LogP contribution in [0, 0.1) is 0 Å². The van der Waals surface area contributed by atoms with Gasteiger partial charge >= 0.3 is 0 Å². The van der Waals surface area contributed by atoms with E-state index in [9.17, 15) is 4.79 Å². The number of rotatable bonds is 6. The Kier molecular flexibility index (Phi) is 7.30. The number of aromatic nitrogens is 1. The summed E-state index contributed by atoms with van der Waals surface area (Å²) in [7, 11) is 0. The van der Waals surface area contributed by atoms with E-state index >= 15 is 0 Å². The maximum absolute atomic E-state index is 13.4. The minimum absolute atomic E-state index is 0.105. The third-order valence-electron chi connectivity index (χ3n) is 4.78. The topological polar surface area (TPSA) is 45.2 Å². The maximum Gasteiger partial charge on any atom is 0.254 e. The Morgan fingerprint density at radius 2 is 2.00 bits per heavy atom. The largest absolute Gasteiger partial charge is 0.330 e. The van der Waals surface area contributed by atoms with Gasteiger partial charge in [-0.25, -0.2) is 0 Å². The SMILES string of the molecule is CC(C)Sc1ccc(C(=O)N(Cc2ccccn2)C2CCCNCC2)cc1. The second-order valence-electron chi connectivity index (χ2n) is 7.28. The fourth-order valence-corrected chi connectivity index (χ4v) is 4.30. The molecule has 1 fully saturated rings. The molecule has 144 valence electrons. The van der Waals surface area contributed by atoms with Crippen molar-refractivity contribution in [2.45, 2.75) is 55.8 Å². The summed E-state index contributed by atoms with van der Waals surface area (Å²) >= 11 is 1.82. The van der Waals surface area contributed by atoms with Crippen molar-refractivity contribution >= 4 is 17.7 Å². The molecule has 1 aliphatic rings. The molecule has 2 aromatic rings. The first kappa shape index (κ1) is 19.9.